The molecule has 0 aromatic heterocycles. The van der Waals surface area contributed by atoms with Gasteiger partial charge in [0.1, 0.15) is 6.10 Å². The second kappa shape index (κ2) is 5.10. The highest BCUT2D eigenvalue weighted by Crippen LogP contribution is 2.29. The van der Waals surface area contributed by atoms with Gasteiger partial charge in [-0.15, -0.1) is 0 Å². The van der Waals surface area contributed by atoms with Gasteiger partial charge in [-0.3, -0.25) is 0 Å². The Kier molecular flexibility index (Phi) is 4.35. The van der Waals surface area contributed by atoms with Crippen molar-refractivity contribution in [2.24, 2.45) is 5.92 Å². The smallest absolute Gasteiger partial charge is 0.109 e. The summed E-state index contributed by atoms with van der Waals surface area (Å²) in [6.07, 6.45) is 0.570. The summed E-state index contributed by atoms with van der Waals surface area (Å²) in [4.78, 5) is 0. The Bertz CT molecular complexity index is 172. The number of hydrogen-bond acceptors (Lipinski definition) is 3. The van der Waals surface area contributed by atoms with Gasteiger partial charge in [-0.25, -0.2) is 0 Å². The Morgan fingerprint density at radius 1 is 1.07 bits per heavy atom. The molecule has 1 aliphatic heterocycles. The van der Waals surface area contributed by atoms with E-state index in [1.807, 2.05) is 13.8 Å². The van der Waals surface area contributed by atoms with Gasteiger partial charge in [-0.2, -0.15) is 0 Å². The first-order valence-electron chi connectivity index (χ1n) is 5.41. The van der Waals surface area contributed by atoms with Crippen LogP contribution in [0.2, 0.25) is 0 Å². The summed E-state index contributed by atoms with van der Waals surface area (Å²) in [5, 5.41) is 0. The second-order valence-electron chi connectivity index (χ2n) is 4.03. The van der Waals surface area contributed by atoms with Crippen LogP contribution in [0.1, 0.15) is 27.7 Å². The Balaban J connectivity index is 2.70. The van der Waals surface area contributed by atoms with Gasteiger partial charge in [-0.05, 0) is 20.8 Å². The monoisotopic (exact) mass is 202 g/mol. The first kappa shape index (κ1) is 12.0. The molecule has 3 heteroatoms. The van der Waals surface area contributed by atoms with Gasteiger partial charge >= 0.3 is 0 Å². The van der Waals surface area contributed by atoms with E-state index in [1.54, 1.807) is 7.11 Å². The molecule has 1 unspecified atom stereocenters. The van der Waals surface area contributed by atoms with Crippen LogP contribution in [-0.4, -0.2) is 38.1 Å². The summed E-state index contributed by atoms with van der Waals surface area (Å²) in [7, 11) is 1.72. The van der Waals surface area contributed by atoms with Crippen LogP contribution < -0.4 is 0 Å². The van der Waals surface area contributed by atoms with Crippen LogP contribution in [0.3, 0.4) is 0 Å². The van der Waals surface area contributed by atoms with Crippen LogP contribution >= 0.6 is 0 Å². The number of methoxy groups -OCH3 is 1. The van der Waals surface area contributed by atoms with Crippen molar-refractivity contribution < 1.29 is 14.2 Å². The van der Waals surface area contributed by atoms with Crippen molar-refractivity contribution in [2.75, 3.05) is 13.7 Å². The predicted molar refractivity (Wildman–Crippen MR) is 55.4 cm³/mol. The molecule has 0 radical (unpaired) electrons. The molecule has 84 valence electrons. The van der Waals surface area contributed by atoms with Gasteiger partial charge in [0, 0.05) is 19.6 Å². The van der Waals surface area contributed by atoms with E-state index in [4.69, 9.17) is 14.2 Å². The lowest BCUT2D eigenvalue weighted by atomic mass is 9.89. The minimum absolute atomic E-state index is 0.0566. The van der Waals surface area contributed by atoms with Gasteiger partial charge < -0.3 is 14.2 Å². The molecule has 3 nitrogen and oxygen atoms in total. The third kappa shape index (κ3) is 2.27. The molecule has 0 aliphatic carbocycles. The van der Waals surface area contributed by atoms with Gasteiger partial charge in [0.25, 0.3) is 0 Å². The molecule has 0 aromatic carbocycles. The molecule has 1 aliphatic rings. The van der Waals surface area contributed by atoms with Crippen molar-refractivity contribution >= 4 is 0 Å². The van der Waals surface area contributed by atoms with Crippen molar-refractivity contribution in [1.82, 2.24) is 0 Å². The van der Waals surface area contributed by atoms with Crippen molar-refractivity contribution in [2.45, 2.75) is 52.1 Å². The molecular formula is C11H22O3. The van der Waals surface area contributed by atoms with Crippen molar-refractivity contribution in [3.8, 4) is 0 Å². The van der Waals surface area contributed by atoms with Gasteiger partial charge in [0.2, 0.25) is 0 Å². The standard InChI is InChI=1S/C11H22O3/c1-6-13-10-7(2)8(3)14-9(4)11(10)12-5/h7-11H,6H2,1-5H3/t7-,8-,9-,10+,11?/m0/s1. The van der Waals surface area contributed by atoms with E-state index in [0.29, 0.717) is 5.92 Å². The quantitative estimate of drug-likeness (QED) is 0.699. The summed E-state index contributed by atoms with van der Waals surface area (Å²) in [6.45, 7) is 9.04. The van der Waals surface area contributed by atoms with E-state index >= 15 is 0 Å². The zero-order chi connectivity index (χ0) is 10.7. The first-order valence-corrected chi connectivity index (χ1v) is 5.41. The summed E-state index contributed by atoms with van der Waals surface area (Å²) < 4.78 is 16.9. The van der Waals surface area contributed by atoms with Crippen LogP contribution in [0.25, 0.3) is 0 Å². The van der Waals surface area contributed by atoms with E-state index in [0.717, 1.165) is 6.61 Å². The van der Waals surface area contributed by atoms with Crippen molar-refractivity contribution in [3.05, 3.63) is 0 Å². The van der Waals surface area contributed by atoms with E-state index in [-0.39, 0.29) is 24.4 Å². The fourth-order valence-electron chi connectivity index (χ4n) is 2.14. The Labute approximate surface area is 86.7 Å². The Morgan fingerprint density at radius 3 is 2.21 bits per heavy atom. The van der Waals surface area contributed by atoms with E-state index in [2.05, 4.69) is 13.8 Å². The van der Waals surface area contributed by atoms with Crippen LogP contribution in [0, 0.1) is 5.92 Å². The fourth-order valence-corrected chi connectivity index (χ4v) is 2.14. The fraction of sp³-hybridized carbons (Fsp3) is 1.00. The molecule has 0 spiro atoms. The second-order valence-corrected chi connectivity index (χ2v) is 4.03. The number of rotatable bonds is 3. The summed E-state index contributed by atoms with van der Waals surface area (Å²) in [5.41, 5.74) is 0. The maximum Gasteiger partial charge on any atom is 0.109 e. The molecule has 1 rings (SSSR count). The molecular weight excluding hydrogens is 180 g/mol. The van der Waals surface area contributed by atoms with Gasteiger partial charge in [0.05, 0.1) is 18.3 Å². The normalized spacial score (nSPS) is 43.9. The maximum atomic E-state index is 5.77. The van der Waals surface area contributed by atoms with E-state index < -0.39 is 0 Å². The number of ether oxygens (including phenoxy) is 3. The molecule has 0 bridgehead atoms. The lowest BCUT2D eigenvalue weighted by Crippen LogP contribution is -2.53. The molecule has 1 saturated heterocycles. The Morgan fingerprint density at radius 2 is 1.71 bits per heavy atom. The molecule has 0 N–H and O–H groups in total. The molecule has 14 heavy (non-hydrogen) atoms. The molecule has 0 aromatic rings. The van der Waals surface area contributed by atoms with Crippen LogP contribution in [0.15, 0.2) is 0 Å². The average molecular weight is 202 g/mol. The van der Waals surface area contributed by atoms with Crippen molar-refractivity contribution in [1.29, 1.82) is 0 Å². The van der Waals surface area contributed by atoms with Gasteiger partial charge in [-0.1, -0.05) is 6.92 Å². The number of hydrogen-bond donors (Lipinski definition) is 0. The third-order valence-corrected chi connectivity index (χ3v) is 3.11. The molecule has 1 heterocycles. The molecule has 1 fully saturated rings. The predicted octanol–water partition coefficient (Wildman–Crippen LogP) is 1.85. The highest BCUT2D eigenvalue weighted by atomic mass is 16.6. The van der Waals surface area contributed by atoms with Crippen molar-refractivity contribution in [3.63, 3.8) is 0 Å². The van der Waals surface area contributed by atoms with Crippen LogP contribution in [0.5, 0.6) is 0 Å². The average Bonchev–Trinajstić information content (AvgIpc) is 2.14. The minimum atomic E-state index is 0.0566. The summed E-state index contributed by atoms with van der Waals surface area (Å²) >= 11 is 0. The zero-order valence-corrected chi connectivity index (χ0v) is 9.82. The highest BCUT2D eigenvalue weighted by molar-refractivity contribution is 4.88. The minimum Gasteiger partial charge on any atom is -0.376 e. The zero-order valence-electron chi connectivity index (χ0n) is 9.82. The first-order chi connectivity index (χ1) is 6.61. The van der Waals surface area contributed by atoms with E-state index in [9.17, 15) is 0 Å². The summed E-state index contributed by atoms with van der Waals surface area (Å²) in [6, 6.07) is 0. The molecule has 5 atom stereocenters. The largest absolute Gasteiger partial charge is 0.376 e. The lowest BCUT2D eigenvalue weighted by Gasteiger charge is -2.42. The van der Waals surface area contributed by atoms with Gasteiger partial charge in [0.15, 0.2) is 0 Å². The Hall–Kier alpha value is -0.120. The summed E-state index contributed by atoms with van der Waals surface area (Å²) in [5.74, 6) is 0.385. The van der Waals surface area contributed by atoms with Crippen LogP contribution in [0.4, 0.5) is 0 Å². The SMILES string of the molecule is CCO[C@H]1C(OC)[C@H](C)O[C@@H](C)[C@@H]1C. The lowest BCUT2D eigenvalue weighted by molar-refractivity contribution is -0.208. The molecule has 0 amide bonds. The van der Waals surface area contributed by atoms with E-state index in [1.165, 1.54) is 0 Å². The highest BCUT2D eigenvalue weighted by Gasteiger charge is 2.40. The topological polar surface area (TPSA) is 27.7 Å². The third-order valence-electron chi connectivity index (χ3n) is 3.11. The molecule has 0 saturated carbocycles. The maximum absolute atomic E-state index is 5.77. The van der Waals surface area contributed by atoms with Crippen LogP contribution in [-0.2, 0) is 14.2 Å².